The smallest absolute Gasteiger partial charge is 0.306 e. The Balaban J connectivity index is 1.45. The van der Waals surface area contributed by atoms with Crippen LogP contribution in [0.3, 0.4) is 0 Å². The number of rotatable bonds is 7. The number of carbonyl (C=O) groups excluding carboxylic acids is 2. The van der Waals surface area contributed by atoms with Crippen LogP contribution in [0.25, 0.3) is 10.2 Å². The van der Waals surface area contributed by atoms with E-state index in [4.69, 9.17) is 9.47 Å². The Bertz CT molecular complexity index is 890. The van der Waals surface area contributed by atoms with Crippen LogP contribution in [0, 0.1) is 0 Å². The predicted molar refractivity (Wildman–Crippen MR) is 101 cm³/mol. The highest BCUT2D eigenvalue weighted by Gasteiger charge is 2.11. The number of hydrogen-bond donors (Lipinski definition) is 1. The summed E-state index contributed by atoms with van der Waals surface area (Å²) in [5, 5.41) is 3.53. The summed E-state index contributed by atoms with van der Waals surface area (Å²) >= 11 is 1.56. The molecule has 0 aliphatic carbocycles. The van der Waals surface area contributed by atoms with Crippen LogP contribution in [-0.4, -0.2) is 30.6 Å². The maximum atomic E-state index is 11.9. The van der Waals surface area contributed by atoms with Gasteiger partial charge in [-0.2, -0.15) is 0 Å². The van der Waals surface area contributed by atoms with Crippen LogP contribution < -0.4 is 10.1 Å². The molecule has 0 saturated carbocycles. The number of amides is 1. The van der Waals surface area contributed by atoms with E-state index in [1.165, 1.54) is 7.11 Å². The molecule has 134 valence electrons. The molecule has 0 aliphatic rings. The number of anilines is 1. The van der Waals surface area contributed by atoms with Crippen LogP contribution in [0.1, 0.15) is 11.4 Å². The van der Waals surface area contributed by atoms with Gasteiger partial charge in [0.15, 0.2) is 6.61 Å². The molecule has 26 heavy (non-hydrogen) atoms. The second-order valence-corrected chi connectivity index (χ2v) is 6.60. The van der Waals surface area contributed by atoms with Gasteiger partial charge in [0.25, 0.3) is 5.91 Å². The first-order valence-electron chi connectivity index (χ1n) is 8.08. The van der Waals surface area contributed by atoms with Gasteiger partial charge >= 0.3 is 5.97 Å². The topological polar surface area (TPSA) is 77.5 Å². The molecule has 0 atom stereocenters. The van der Waals surface area contributed by atoms with E-state index in [0.29, 0.717) is 17.9 Å². The van der Waals surface area contributed by atoms with E-state index in [2.05, 4.69) is 10.3 Å². The molecular formula is C19H18N2O4S. The summed E-state index contributed by atoms with van der Waals surface area (Å²) in [5.74, 6) is -0.301. The second kappa shape index (κ2) is 8.44. The minimum absolute atomic E-state index is 0.182. The molecule has 2 aromatic carbocycles. The molecule has 3 rings (SSSR count). The van der Waals surface area contributed by atoms with E-state index in [-0.39, 0.29) is 13.0 Å². The molecule has 3 aromatic rings. The van der Waals surface area contributed by atoms with Crippen LogP contribution in [0.4, 0.5) is 5.69 Å². The van der Waals surface area contributed by atoms with Crippen LogP contribution >= 0.6 is 11.3 Å². The van der Waals surface area contributed by atoms with Crippen LogP contribution in [0.2, 0.25) is 0 Å². The normalized spacial score (nSPS) is 10.5. The van der Waals surface area contributed by atoms with Crippen LogP contribution in [0.5, 0.6) is 5.75 Å². The number of ether oxygens (including phenoxy) is 2. The van der Waals surface area contributed by atoms with Gasteiger partial charge in [-0.3, -0.25) is 9.59 Å². The van der Waals surface area contributed by atoms with E-state index < -0.39 is 11.9 Å². The first kappa shape index (κ1) is 17.9. The lowest BCUT2D eigenvalue weighted by atomic mass is 10.3. The molecule has 0 bridgehead atoms. The van der Waals surface area contributed by atoms with Crippen molar-refractivity contribution < 1.29 is 19.1 Å². The number of carbonyl (C=O) groups is 2. The SMILES string of the molecule is COc1ccccc1NC(=O)COC(=O)CCc1nc2ccccc2s1. The number of methoxy groups -OCH3 is 1. The van der Waals surface area contributed by atoms with Gasteiger partial charge in [0.2, 0.25) is 0 Å². The Morgan fingerprint density at radius 3 is 2.69 bits per heavy atom. The number of hydrogen-bond acceptors (Lipinski definition) is 6. The summed E-state index contributed by atoms with van der Waals surface area (Å²) in [4.78, 5) is 28.3. The summed E-state index contributed by atoms with van der Waals surface area (Å²) < 4.78 is 11.3. The Kier molecular flexibility index (Phi) is 5.80. The summed E-state index contributed by atoms with van der Waals surface area (Å²) in [5.41, 5.74) is 1.46. The maximum Gasteiger partial charge on any atom is 0.306 e. The standard InChI is InChI=1S/C19H18N2O4S/c1-24-15-8-4-2-6-13(15)20-17(22)12-25-19(23)11-10-18-21-14-7-3-5-9-16(14)26-18/h2-9H,10-12H2,1H3,(H,20,22). The second-order valence-electron chi connectivity index (χ2n) is 5.48. The van der Waals surface area contributed by atoms with Gasteiger partial charge in [0.1, 0.15) is 5.75 Å². The van der Waals surface area contributed by atoms with Gasteiger partial charge in [0, 0.05) is 6.42 Å². The van der Waals surface area contributed by atoms with Crippen LogP contribution in [0.15, 0.2) is 48.5 Å². The van der Waals surface area contributed by atoms with Crippen molar-refractivity contribution >= 4 is 39.1 Å². The van der Waals surface area contributed by atoms with Crippen molar-refractivity contribution in [2.45, 2.75) is 12.8 Å². The molecule has 7 heteroatoms. The monoisotopic (exact) mass is 370 g/mol. The van der Waals surface area contributed by atoms with Gasteiger partial charge in [-0.15, -0.1) is 11.3 Å². The van der Waals surface area contributed by atoms with Gasteiger partial charge in [-0.05, 0) is 24.3 Å². The van der Waals surface area contributed by atoms with Crippen molar-refractivity contribution in [3.05, 3.63) is 53.5 Å². The Morgan fingerprint density at radius 1 is 1.12 bits per heavy atom. The highest BCUT2D eigenvalue weighted by atomic mass is 32.1. The lowest BCUT2D eigenvalue weighted by molar-refractivity contribution is -0.147. The van der Waals surface area contributed by atoms with E-state index in [9.17, 15) is 9.59 Å². The molecule has 1 N–H and O–H groups in total. The maximum absolute atomic E-state index is 11.9. The Morgan fingerprint density at radius 2 is 1.88 bits per heavy atom. The molecule has 1 amide bonds. The van der Waals surface area contributed by atoms with Gasteiger partial charge < -0.3 is 14.8 Å². The zero-order valence-corrected chi connectivity index (χ0v) is 15.0. The molecule has 0 unspecified atom stereocenters. The number of para-hydroxylation sites is 3. The van der Waals surface area contributed by atoms with E-state index >= 15 is 0 Å². The molecule has 0 aliphatic heterocycles. The quantitative estimate of drug-likeness (QED) is 0.645. The highest BCUT2D eigenvalue weighted by molar-refractivity contribution is 7.18. The number of nitrogens with zero attached hydrogens (tertiary/aromatic N) is 1. The van der Waals surface area contributed by atoms with Crippen molar-refractivity contribution in [3.63, 3.8) is 0 Å². The fourth-order valence-corrected chi connectivity index (χ4v) is 3.36. The summed E-state index contributed by atoms with van der Waals surface area (Å²) in [6, 6.07) is 14.9. The zero-order chi connectivity index (χ0) is 18.4. The summed E-state index contributed by atoms with van der Waals surface area (Å²) in [7, 11) is 1.52. The van der Waals surface area contributed by atoms with Crippen molar-refractivity contribution in [1.82, 2.24) is 4.98 Å². The third-order valence-electron chi connectivity index (χ3n) is 3.63. The molecule has 1 aromatic heterocycles. The van der Waals surface area contributed by atoms with E-state index in [1.54, 1.807) is 35.6 Å². The van der Waals surface area contributed by atoms with Gasteiger partial charge in [-0.1, -0.05) is 24.3 Å². The zero-order valence-electron chi connectivity index (χ0n) is 14.2. The van der Waals surface area contributed by atoms with Crippen molar-refractivity contribution in [3.8, 4) is 5.75 Å². The number of benzene rings is 2. The number of aryl methyl sites for hydroxylation is 1. The van der Waals surface area contributed by atoms with Gasteiger partial charge in [0.05, 0.1) is 34.4 Å². The molecule has 0 saturated heterocycles. The van der Waals surface area contributed by atoms with Crippen molar-refractivity contribution in [2.24, 2.45) is 0 Å². The first-order valence-corrected chi connectivity index (χ1v) is 8.90. The Hall–Kier alpha value is -2.93. The molecule has 0 spiro atoms. The molecule has 0 fully saturated rings. The molecular weight excluding hydrogens is 352 g/mol. The average Bonchev–Trinajstić information content (AvgIpc) is 3.08. The lowest BCUT2D eigenvalue weighted by Gasteiger charge is -2.10. The number of esters is 1. The van der Waals surface area contributed by atoms with Crippen molar-refractivity contribution in [1.29, 1.82) is 0 Å². The number of thiazole rings is 1. The number of fused-ring (bicyclic) bond motifs is 1. The van der Waals surface area contributed by atoms with E-state index in [0.717, 1.165) is 15.2 Å². The minimum Gasteiger partial charge on any atom is -0.495 e. The van der Waals surface area contributed by atoms with Gasteiger partial charge in [-0.25, -0.2) is 4.98 Å². The predicted octanol–water partition coefficient (Wildman–Crippen LogP) is 3.42. The molecule has 1 heterocycles. The highest BCUT2D eigenvalue weighted by Crippen LogP contribution is 2.23. The van der Waals surface area contributed by atoms with Crippen molar-refractivity contribution in [2.75, 3.05) is 19.0 Å². The largest absolute Gasteiger partial charge is 0.495 e. The Labute approximate surface area is 154 Å². The molecule has 0 radical (unpaired) electrons. The minimum atomic E-state index is -0.431. The van der Waals surface area contributed by atoms with Crippen LogP contribution in [-0.2, 0) is 20.7 Å². The lowest BCUT2D eigenvalue weighted by Crippen LogP contribution is -2.21. The molecule has 6 nitrogen and oxygen atoms in total. The summed E-state index contributed by atoms with van der Waals surface area (Å²) in [6.07, 6.45) is 0.675. The third-order valence-corrected chi connectivity index (χ3v) is 4.72. The fraction of sp³-hybridized carbons (Fsp3) is 0.211. The van der Waals surface area contributed by atoms with E-state index in [1.807, 2.05) is 24.3 Å². The number of aromatic nitrogens is 1. The third kappa shape index (κ3) is 4.58. The average molecular weight is 370 g/mol. The fourth-order valence-electron chi connectivity index (χ4n) is 2.39. The number of nitrogens with one attached hydrogen (secondary N) is 1. The first-order chi connectivity index (χ1) is 12.7. The summed E-state index contributed by atoms with van der Waals surface area (Å²) in [6.45, 7) is -0.337.